The van der Waals surface area contributed by atoms with Crippen LogP contribution in [0.3, 0.4) is 0 Å². The van der Waals surface area contributed by atoms with E-state index < -0.39 is 60.0 Å². The van der Waals surface area contributed by atoms with Gasteiger partial charge in [-0.2, -0.15) is 47.9 Å². The highest BCUT2D eigenvalue weighted by atomic mass is 32.3. The first-order valence-electron chi connectivity index (χ1n) is 9.34. The summed E-state index contributed by atoms with van der Waals surface area (Å²) in [5.41, 5.74) is 0. The zero-order valence-electron chi connectivity index (χ0n) is 18.1. The van der Waals surface area contributed by atoms with Crippen molar-refractivity contribution < 1.29 is 56.4 Å². The van der Waals surface area contributed by atoms with Crippen molar-refractivity contribution >= 4 is 26.2 Å². The molecule has 0 amide bonds. The van der Waals surface area contributed by atoms with Crippen LogP contribution in [0.1, 0.15) is 59.8 Å². The van der Waals surface area contributed by atoms with Crippen LogP contribution < -0.4 is 0 Å². The molecule has 32 heavy (non-hydrogen) atoms. The molecule has 0 spiro atoms. The lowest BCUT2D eigenvalue weighted by atomic mass is 10.1. The average Bonchev–Trinajstić information content (AvgIpc) is 2.55. The third kappa shape index (κ3) is 6.24. The molecule has 194 valence electrons. The Labute approximate surface area is 182 Å². The van der Waals surface area contributed by atoms with Gasteiger partial charge >= 0.3 is 33.4 Å². The van der Waals surface area contributed by atoms with Crippen LogP contribution in [0, 0.1) is 0 Å². The molecule has 4 nitrogen and oxygen atoms in total. The number of carbonyl (C=O) groups is 1. The Bertz CT molecular complexity index is 759. The SMILES string of the molecule is CCCCCCC(=O)CS(C)(OS(=O)(=O)C(F)(F)C(F)(F)C(F)(F)C(F)(F)F)C(C)(C)C. The summed E-state index contributed by atoms with van der Waals surface area (Å²) < 4.78 is 145. The van der Waals surface area contributed by atoms with E-state index in [0.717, 1.165) is 19.1 Å². The Morgan fingerprint density at radius 2 is 1.28 bits per heavy atom. The number of alkyl halides is 9. The van der Waals surface area contributed by atoms with Gasteiger partial charge in [0.25, 0.3) is 0 Å². The highest BCUT2D eigenvalue weighted by Crippen LogP contribution is 2.62. The number of hydrogen-bond acceptors (Lipinski definition) is 4. The van der Waals surface area contributed by atoms with Crippen molar-refractivity contribution in [1.29, 1.82) is 0 Å². The Morgan fingerprint density at radius 1 is 0.812 bits per heavy atom. The van der Waals surface area contributed by atoms with Crippen LogP contribution in [0.15, 0.2) is 0 Å². The summed E-state index contributed by atoms with van der Waals surface area (Å²) in [7, 11) is -10.6. The number of unbranched alkanes of at least 4 members (excludes halogenated alkanes) is 3. The van der Waals surface area contributed by atoms with Crippen molar-refractivity contribution in [2.24, 2.45) is 0 Å². The van der Waals surface area contributed by atoms with E-state index in [0.29, 0.717) is 12.8 Å². The fourth-order valence-electron chi connectivity index (χ4n) is 2.23. The highest BCUT2D eigenvalue weighted by Gasteiger charge is 2.86. The average molecular weight is 531 g/mol. The van der Waals surface area contributed by atoms with Crippen molar-refractivity contribution in [1.82, 2.24) is 0 Å². The minimum Gasteiger partial charge on any atom is -0.299 e. The second-order valence-corrected chi connectivity index (χ2v) is 13.8. The molecule has 0 aromatic rings. The molecule has 0 saturated heterocycles. The number of Topliss-reactive ketones (excluding diaryl/α,β-unsaturated/α-hetero) is 1. The van der Waals surface area contributed by atoms with Gasteiger partial charge in [0.1, 0.15) is 5.78 Å². The standard InChI is InChI=1S/C17H27F9O4S2/c1-6-7-8-9-10-12(27)11-31(5,13(2,3)4)30-32(28,29)17(25,26)15(20,21)14(18,19)16(22,23)24/h6-11H2,1-5H3. The fraction of sp³-hybridized carbons (Fsp3) is 0.941. The largest absolute Gasteiger partial charge is 0.460 e. The van der Waals surface area contributed by atoms with E-state index in [1.54, 1.807) is 0 Å². The molecule has 0 radical (unpaired) electrons. The van der Waals surface area contributed by atoms with Crippen molar-refractivity contribution in [2.75, 3.05) is 12.0 Å². The molecule has 15 heteroatoms. The first kappa shape index (κ1) is 31.3. The van der Waals surface area contributed by atoms with Gasteiger partial charge in [0.15, 0.2) is 0 Å². The van der Waals surface area contributed by atoms with E-state index >= 15 is 0 Å². The summed E-state index contributed by atoms with van der Waals surface area (Å²) in [4.78, 5) is 12.2. The molecule has 0 aromatic heterocycles. The van der Waals surface area contributed by atoms with Gasteiger partial charge in [-0.15, -0.1) is 10.3 Å². The summed E-state index contributed by atoms with van der Waals surface area (Å²) in [6.45, 7) is 5.56. The van der Waals surface area contributed by atoms with Crippen molar-refractivity contribution in [3.63, 3.8) is 0 Å². The number of ketones is 1. The molecule has 0 aliphatic carbocycles. The molecular formula is C17H27F9O4S2. The predicted molar refractivity (Wildman–Crippen MR) is 103 cm³/mol. The Kier molecular flexibility index (Phi) is 9.67. The smallest absolute Gasteiger partial charge is 0.299 e. The van der Waals surface area contributed by atoms with Gasteiger partial charge in [-0.3, -0.25) is 4.79 Å². The summed E-state index contributed by atoms with van der Waals surface area (Å²) in [5.74, 6) is -16.2. The molecule has 1 unspecified atom stereocenters. The van der Waals surface area contributed by atoms with Gasteiger partial charge in [0, 0.05) is 11.2 Å². The molecule has 0 saturated carbocycles. The van der Waals surface area contributed by atoms with Gasteiger partial charge in [-0.25, -0.2) is 3.63 Å². The van der Waals surface area contributed by atoms with Gasteiger partial charge in [-0.1, -0.05) is 47.0 Å². The number of carbonyl (C=O) groups excluding carboxylic acids is 1. The molecule has 0 heterocycles. The first-order valence-corrected chi connectivity index (χ1v) is 12.9. The molecule has 0 rings (SSSR count). The van der Waals surface area contributed by atoms with Crippen LogP contribution in [0.5, 0.6) is 0 Å². The highest BCUT2D eigenvalue weighted by molar-refractivity contribution is 8.33. The third-order valence-electron chi connectivity index (χ3n) is 4.71. The van der Waals surface area contributed by atoms with E-state index in [4.69, 9.17) is 0 Å². The molecule has 0 aromatic carbocycles. The monoisotopic (exact) mass is 530 g/mol. The lowest BCUT2D eigenvalue weighted by Crippen LogP contribution is -2.63. The van der Waals surface area contributed by atoms with Crippen LogP contribution in [-0.4, -0.2) is 54.2 Å². The van der Waals surface area contributed by atoms with Crippen LogP contribution in [0.2, 0.25) is 0 Å². The van der Waals surface area contributed by atoms with E-state index in [1.807, 2.05) is 6.92 Å². The minimum atomic E-state index is -7.39. The summed E-state index contributed by atoms with van der Waals surface area (Å²) in [6, 6.07) is 0. The van der Waals surface area contributed by atoms with E-state index in [9.17, 15) is 52.7 Å². The molecular weight excluding hydrogens is 503 g/mol. The topological polar surface area (TPSA) is 60.4 Å². The van der Waals surface area contributed by atoms with E-state index in [-0.39, 0.29) is 6.42 Å². The maximum Gasteiger partial charge on any atom is 0.460 e. The van der Waals surface area contributed by atoms with Crippen molar-refractivity contribution in [3.8, 4) is 0 Å². The maximum absolute atomic E-state index is 14.0. The molecule has 0 aliphatic heterocycles. The quantitative estimate of drug-likeness (QED) is 0.215. The molecule has 0 bridgehead atoms. The van der Waals surface area contributed by atoms with Gasteiger partial charge in [-0.05, 0) is 12.7 Å². The maximum atomic E-state index is 14.0. The van der Waals surface area contributed by atoms with Gasteiger partial charge in [0.05, 0.1) is 5.75 Å². The second kappa shape index (κ2) is 9.88. The number of hydrogen-bond donors (Lipinski definition) is 0. The molecule has 1 atom stereocenters. The minimum absolute atomic E-state index is 0.110. The predicted octanol–water partition coefficient (Wildman–Crippen LogP) is 6.45. The lowest BCUT2D eigenvalue weighted by Gasteiger charge is -2.46. The Morgan fingerprint density at radius 3 is 1.66 bits per heavy atom. The molecule has 0 fully saturated rings. The van der Waals surface area contributed by atoms with Crippen LogP contribution in [-0.2, 0) is 18.5 Å². The summed E-state index contributed by atoms with van der Waals surface area (Å²) in [6.07, 6.45) is -3.82. The second-order valence-electron chi connectivity index (χ2n) is 8.30. The van der Waals surface area contributed by atoms with Crippen LogP contribution >= 0.6 is 10.3 Å². The number of halogens is 9. The van der Waals surface area contributed by atoms with Gasteiger partial charge in [0.2, 0.25) is 0 Å². The zero-order valence-corrected chi connectivity index (χ0v) is 19.7. The third-order valence-corrected chi connectivity index (χ3v) is 11.0. The van der Waals surface area contributed by atoms with Gasteiger partial charge < -0.3 is 0 Å². The molecule has 0 N–H and O–H groups in total. The first-order chi connectivity index (χ1) is 13.9. The summed E-state index contributed by atoms with van der Waals surface area (Å²) in [5, 5.41) is -6.96. The van der Waals surface area contributed by atoms with Crippen LogP contribution in [0.4, 0.5) is 39.5 Å². The molecule has 0 aliphatic rings. The Balaban J connectivity index is 6.08. The Hall–Kier alpha value is -0.700. The van der Waals surface area contributed by atoms with E-state index in [1.165, 1.54) is 20.8 Å². The van der Waals surface area contributed by atoms with Crippen LogP contribution in [0.25, 0.3) is 0 Å². The number of rotatable bonds is 12. The lowest BCUT2D eigenvalue weighted by molar-refractivity contribution is -0.382. The van der Waals surface area contributed by atoms with Crippen molar-refractivity contribution in [3.05, 3.63) is 0 Å². The van der Waals surface area contributed by atoms with E-state index in [2.05, 4.69) is 3.63 Å². The normalized spacial score (nSPS) is 17.7. The fourth-order valence-corrected chi connectivity index (χ4v) is 6.80. The zero-order chi connectivity index (χ0) is 26.0. The van der Waals surface area contributed by atoms with Crippen molar-refractivity contribution in [2.45, 2.75) is 87.8 Å². The summed E-state index contributed by atoms with van der Waals surface area (Å²) >= 11 is 0.